The van der Waals surface area contributed by atoms with E-state index in [1.807, 2.05) is 60.7 Å². The van der Waals surface area contributed by atoms with Gasteiger partial charge in [-0.05, 0) is 28.3 Å². The molecule has 0 amide bonds. The summed E-state index contributed by atoms with van der Waals surface area (Å²) in [4.78, 5) is 0. The molecule has 5 nitrogen and oxygen atoms in total. The highest BCUT2D eigenvalue weighted by Crippen LogP contribution is 2.41. The van der Waals surface area contributed by atoms with Crippen LogP contribution in [-0.2, 0) is 6.42 Å². The Hall–Kier alpha value is -4.90. The van der Waals surface area contributed by atoms with E-state index in [1.54, 1.807) is 0 Å². The standard InChI is InChI=1S/C31H26N4O/c1-33-35-30(34-32)20-22-11-10-16-25(19-22)26-17-8-9-18-27(26)29-21-28(23-12-4-2-5-13-23)31(36-29)24-14-6-3-7-15-24/h2-19,21H,1,20,32H2,(H,34,35). The van der Waals surface area contributed by atoms with Crippen molar-refractivity contribution in [3.63, 3.8) is 0 Å². The fourth-order valence-electron chi connectivity index (χ4n) is 4.36. The summed E-state index contributed by atoms with van der Waals surface area (Å²) >= 11 is 0. The van der Waals surface area contributed by atoms with Crippen LogP contribution in [0.5, 0.6) is 0 Å². The molecule has 0 fully saturated rings. The average Bonchev–Trinajstić information content (AvgIpc) is 3.39. The summed E-state index contributed by atoms with van der Waals surface area (Å²) in [6.07, 6.45) is 0.516. The zero-order valence-electron chi connectivity index (χ0n) is 19.8. The second-order valence-electron chi connectivity index (χ2n) is 8.35. The van der Waals surface area contributed by atoms with Crippen molar-refractivity contribution in [1.29, 1.82) is 0 Å². The molecule has 4 aromatic carbocycles. The largest absolute Gasteiger partial charge is 0.455 e. The van der Waals surface area contributed by atoms with E-state index in [0.717, 1.165) is 50.5 Å². The number of amidine groups is 1. The fraction of sp³-hybridized carbons (Fsp3) is 0.0323. The molecule has 3 N–H and O–H groups in total. The Labute approximate surface area is 210 Å². The third-order valence-corrected chi connectivity index (χ3v) is 6.02. The van der Waals surface area contributed by atoms with Crippen molar-refractivity contribution in [2.24, 2.45) is 16.0 Å². The first-order chi connectivity index (χ1) is 17.8. The van der Waals surface area contributed by atoms with Crippen molar-refractivity contribution < 1.29 is 4.42 Å². The number of nitrogens with two attached hydrogens (primary N) is 1. The van der Waals surface area contributed by atoms with Crippen LogP contribution >= 0.6 is 0 Å². The number of rotatable bonds is 7. The first-order valence-corrected chi connectivity index (χ1v) is 11.7. The number of nitrogens with zero attached hydrogens (tertiary/aromatic N) is 2. The molecular weight excluding hydrogens is 444 g/mol. The quantitative estimate of drug-likeness (QED) is 0.117. The Morgan fingerprint density at radius 3 is 2.03 bits per heavy atom. The van der Waals surface area contributed by atoms with Crippen LogP contribution in [0.4, 0.5) is 0 Å². The molecule has 0 aliphatic heterocycles. The molecule has 0 radical (unpaired) electrons. The maximum Gasteiger partial charge on any atom is 0.146 e. The average molecular weight is 471 g/mol. The molecule has 0 bridgehead atoms. The van der Waals surface area contributed by atoms with Crippen molar-refractivity contribution in [1.82, 2.24) is 5.43 Å². The molecule has 176 valence electrons. The molecule has 1 heterocycles. The first kappa shape index (κ1) is 22.9. The number of furan rings is 1. The smallest absolute Gasteiger partial charge is 0.146 e. The van der Waals surface area contributed by atoms with Gasteiger partial charge in [0.15, 0.2) is 0 Å². The van der Waals surface area contributed by atoms with Crippen LogP contribution in [0.3, 0.4) is 0 Å². The van der Waals surface area contributed by atoms with E-state index in [9.17, 15) is 0 Å². The molecule has 0 spiro atoms. The second-order valence-corrected chi connectivity index (χ2v) is 8.35. The summed E-state index contributed by atoms with van der Waals surface area (Å²) in [7, 11) is 0. The number of hydrogen-bond donors (Lipinski definition) is 2. The van der Waals surface area contributed by atoms with Crippen LogP contribution in [0.2, 0.25) is 0 Å². The molecule has 5 aromatic rings. The summed E-state index contributed by atoms with van der Waals surface area (Å²) in [6.45, 7) is 3.45. The third kappa shape index (κ3) is 4.81. The van der Waals surface area contributed by atoms with Gasteiger partial charge < -0.3 is 10.3 Å². The lowest BCUT2D eigenvalue weighted by Gasteiger charge is -2.10. The Morgan fingerprint density at radius 1 is 0.694 bits per heavy atom. The summed E-state index contributed by atoms with van der Waals surface area (Å²) in [5.41, 5.74) is 10.2. The van der Waals surface area contributed by atoms with Crippen molar-refractivity contribution in [2.75, 3.05) is 0 Å². The minimum atomic E-state index is 0.516. The van der Waals surface area contributed by atoms with E-state index < -0.39 is 0 Å². The number of benzene rings is 4. The topological polar surface area (TPSA) is 75.9 Å². The van der Waals surface area contributed by atoms with Gasteiger partial charge in [-0.15, -0.1) is 0 Å². The van der Waals surface area contributed by atoms with E-state index in [1.165, 1.54) is 0 Å². The molecule has 0 aliphatic carbocycles. The molecule has 0 aliphatic rings. The molecule has 5 heteroatoms. The molecule has 5 rings (SSSR count). The van der Waals surface area contributed by atoms with Crippen LogP contribution in [0, 0.1) is 0 Å². The summed E-state index contributed by atoms with van der Waals surface area (Å²) < 4.78 is 6.58. The fourth-order valence-corrected chi connectivity index (χ4v) is 4.36. The summed E-state index contributed by atoms with van der Waals surface area (Å²) in [5, 5.41) is 7.44. The second kappa shape index (κ2) is 10.6. The third-order valence-electron chi connectivity index (χ3n) is 6.02. The van der Waals surface area contributed by atoms with Crippen LogP contribution in [0.15, 0.2) is 130 Å². The lowest BCUT2D eigenvalue weighted by atomic mass is 9.95. The maximum absolute atomic E-state index is 6.58. The van der Waals surface area contributed by atoms with Crippen LogP contribution in [-0.4, -0.2) is 12.6 Å². The van der Waals surface area contributed by atoms with Gasteiger partial charge in [0.2, 0.25) is 0 Å². The molecular formula is C31H26N4O. The monoisotopic (exact) mass is 470 g/mol. The highest BCUT2D eigenvalue weighted by Gasteiger charge is 2.18. The predicted octanol–water partition coefficient (Wildman–Crippen LogP) is 6.97. The van der Waals surface area contributed by atoms with Gasteiger partial charge in [0.25, 0.3) is 0 Å². The van der Waals surface area contributed by atoms with Crippen LogP contribution < -0.4 is 11.3 Å². The van der Waals surface area contributed by atoms with E-state index in [2.05, 4.69) is 76.9 Å². The highest BCUT2D eigenvalue weighted by molar-refractivity contribution is 5.89. The van der Waals surface area contributed by atoms with Gasteiger partial charge in [-0.2, -0.15) is 10.2 Å². The van der Waals surface area contributed by atoms with E-state index in [-0.39, 0.29) is 0 Å². The molecule has 1 aromatic heterocycles. The van der Waals surface area contributed by atoms with E-state index >= 15 is 0 Å². The van der Waals surface area contributed by atoms with E-state index in [4.69, 9.17) is 10.3 Å². The van der Waals surface area contributed by atoms with Crippen molar-refractivity contribution in [3.05, 3.63) is 121 Å². The number of hydrazone groups is 2. The highest BCUT2D eigenvalue weighted by atomic mass is 16.3. The van der Waals surface area contributed by atoms with Crippen LogP contribution in [0.25, 0.3) is 44.9 Å². The Balaban J connectivity index is 1.60. The summed E-state index contributed by atoms with van der Waals surface area (Å²) in [6, 6.07) is 39.3. The lowest BCUT2D eigenvalue weighted by Crippen LogP contribution is -2.21. The first-order valence-electron chi connectivity index (χ1n) is 11.7. The molecule has 0 unspecified atom stereocenters. The minimum Gasteiger partial charge on any atom is -0.455 e. The maximum atomic E-state index is 6.58. The number of nitrogens with one attached hydrogen (secondary N) is 1. The van der Waals surface area contributed by atoms with Gasteiger partial charge in [-0.25, -0.2) is 0 Å². The van der Waals surface area contributed by atoms with E-state index in [0.29, 0.717) is 12.3 Å². The Morgan fingerprint density at radius 2 is 1.33 bits per heavy atom. The predicted molar refractivity (Wildman–Crippen MR) is 148 cm³/mol. The van der Waals surface area contributed by atoms with Crippen molar-refractivity contribution in [3.8, 4) is 44.9 Å². The lowest BCUT2D eigenvalue weighted by molar-refractivity contribution is 0.598. The van der Waals surface area contributed by atoms with Gasteiger partial charge in [-0.3, -0.25) is 5.43 Å². The van der Waals surface area contributed by atoms with Crippen molar-refractivity contribution >= 4 is 12.6 Å². The van der Waals surface area contributed by atoms with Gasteiger partial charge in [-0.1, -0.05) is 109 Å². The van der Waals surface area contributed by atoms with Gasteiger partial charge in [0, 0.05) is 29.8 Å². The summed E-state index contributed by atoms with van der Waals surface area (Å²) in [5.74, 6) is 7.71. The molecule has 0 atom stereocenters. The Kier molecular flexibility index (Phi) is 6.72. The van der Waals surface area contributed by atoms with Gasteiger partial charge >= 0.3 is 0 Å². The molecule has 36 heavy (non-hydrogen) atoms. The normalized spacial score (nSPS) is 11.3. The number of hydrogen-bond acceptors (Lipinski definition) is 4. The zero-order chi connectivity index (χ0) is 24.7. The minimum absolute atomic E-state index is 0.516. The zero-order valence-corrected chi connectivity index (χ0v) is 19.8. The van der Waals surface area contributed by atoms with Crippen LogP contribution in [0.1, 0.15) is 5.56 Å². The van der Waals surface area contributed by atoms with Gasteiger partial charge in [0.1, 0.15) is 17.4 Å². The van der Waals surface area contributed by atoms with Gasteiger partial charge in [0.05, 0.1) is 0 Å². The van der Waals surface area contributed by atoms with Crippen molar-refractivity contribution in [2.45, 2.75) is 6.42 Å². The molecule has 0 saturated heterocycles. The SMILES string of the molecule is C=NN/C(Cc1cccc(-c2ccccc2-c2cc(-c3ccccc3)c(-c3ccccc3)o2)c1)=N\N. The molecule has 0 saturated carbocycles. The Bertz CT molecular complexity index is 1450.